The first-order valence-electron chi connectivity index (χ1n) is 5.16. The molecule has 0 aliphatic rings. The van der Waals surface area contributed by atoms with E-state index >= 15 is 0 Å². The van der Waals surface area contributed by atoms with Crippen molar-refractivity contribution in [3.8, 4) is 0 Å². The normalized spacial score (nSPS) is 10.0. The molecule has 1 aromatic carbocycles. The lowest BCUT2D eigenvalue weighted by molar-refractivity contribution is 0.103. The fourth-order valence-corrected chi connectivity index (χ4v) is 1.68. The largest absolute Gasteiger partial charge is 0.386 e. The first kappa shape index (κ1) is 11.6. The van der Waals surface area contributed by atoms with E-state index < -0.39 is 0 Å². The Morgan fingerprint density at radius 1 is 1.18 bits per heavy atom. The maximum atomic E-state index is 12.2. The van der Waals surface area contributed by atoms with Crippen molar-refractivity contribution in [2.24, 2.45) is 0 Å². The van der Waals surface area contributed by atoms with E-state index in [-0.39, 0.29) is 5.78 Å². The second-order valence-corrected chi connectivity index (χ2v) is 3.86. The molecule has 2 rings (SSSR count). The van der Waals surface area contributed by atoms with Gasteiger partial charge in [-0.05, 0) is 12.1 Å². The molecular weight excluding hydrogens is 236 g/mol. The van der Waals surface area contributed by atoms with E-state index in [9.17, 15) is 4.79 Å². The zero-order valence-corrected chi connectivity index (χ0v) is 10.0. The van der Waals surface area contributed by atoms with Crippen molar-refractivity contribution in [3.05, 3.63) is 58.9 Å². The number of hydrogen-bond donors (Lipinski definition) is 1. The van der Waals surface area contributed by atoms with Gasteiger partial charge in [0.15, 0.2) is 0 Å². The number of carbonyl (C=O) groups is 1. The molecule has 4 heteroatoms. The summed E-state index contributed by atoms with van der Waals surface area (Å²) in [6, 6.07) is 12.4. The van der Waals surface area contributed by atoms with Gasteiger partial charge in [0.1, 0.15) is 10.8 Å². The number of ketones is 1. The lowest BCUT2D eigenvalue weighted by Crippen LogP contribution is -2.08. The van der Waals surface area contributed by atoms with Gasteiger partial charge in [0, 0.05) is 12.6 Å². The SMILES string of the molecule is CNc1ccc(Cl)nc1C(=O)c1ccccc1. The van der Waals surface area contributed by atoms with Crippen LogP contribution >= 0.6 is 11.6 Å². The van der Waals surface area contributed by atoms with Crippen LogP contribution < -0.4 is 5.32 Å². The molecule has 1 N–H and O–H groups in total. The number of anilines is 1. The summed E-state index contributed by atoms with van der Waals surface area (Å²) in [6.07, 6.45) is 0. The Labute approximate surface area is 104 Å². The fraction of sp³-hybridized carbons (Fsp3) is 0.0769. The lowest BCUT2D eigenvalue weighted by Gasteiger charge is -2.07. The Morgan fingerprint density at radius 2 is 1.88 bits per heavy atom. The minimum Gasteiger partial charge on any atom is -0.386 e. The highest BCUT2D eigenvalue weighted by Crippen LogP contribution is 2.19. The summed E-state index contributed by atoms with van der Waals surface area (Å²) in [7, 11) is 1.74. The molecule has 0 radical (unpaired) electrons. The third kappa shape index (κ3) is 2.45. The van der Waals surface area contributed by atoms with Crippen LogP contribution in [0.2, 0.25) is 5.15 Å². The van der Waals surface area contributed by atoms with Gasteiger partial charge in [-0.2, -0.15) is 0 Å². The van der Waals surface area contributed by atoms with E-state index in [4.69, 9.17) is 11.6 Å². The Morgan fingerprint density at radius 3 is 2.53 bits per heavy atom. The van der Waals surface area contributed by atoms with Gasteiger partial charge >= 0.3 is 0 Å². The average Bonchev–Trinajstić information content (AvgIpc) is 2.39. The minimum absolute atomic E-state index is 0.141. The van der Waals surface area contributed by atoms with Crippen LogP contribution in [-0.4, -0.2) is 17.8 Å². The minimum atomic E-state index is -0.141. The van der Waals surface area contributed by atoms with E-state index in [1.165, 1.54) is 0 Å². The van der Waals surface area contributed by atoms with Gasteiger partial charge in [0.25, 0.3) is 0 Å². The van der Waals surface area contributed by atoms with Gasteiger partial charge in [-0.15, -0.1) is 0 Å². The molecule has 0 fully saturated rings. The molecule has 0 spiro atoms. The van der Waals surface area contributed by atoms with Crippen LogP contribution in [0.3, 0.4) is 0 Å². The molecule has 17 heavy (non-hydrogen) atoms. The molecule has 0 aliphatic carbocycles. The van der Waals surface area contributed by atoms with Gasteiger partial charge in [0.2, 0.25) is 5.78 Å². The molecule has 0 bridgehead atoms. The van der Waals surface area contributed by atoms with Gasteiger partial charge < -0.3 is 5.32 Å². The summed E-state index contributed by atoms with van der Waals surface area (Å²) in [5, 5.41) is 3.24. The number of nitrogens with one attached hydrogen (secondary N) is 1. The van der Waals surface area contributed by atoms with Crippen molar-refractivity contribution >= 4 is 23.1 Å². The number of pyridine rings is 1. The number of rotatable bonds is 3. The van der Waals surface area contributed by atoms with Gasteiger partial charge in [0.05, 0.1) is 5.69 Å². The van der Waals surface area contributed by atoms with E-state index in [0.29, 0.717) is 22.1 Å². The van der Waals surface area contributed by atoms with Crippen LogP contribution in [0.1, 0.15) is 16.1 Å². The second-order valence-electron chi connectivity index (χ2n) is 3.48. The number of halogens is 1. The summed E-state index contributed by atoms with van der Waals surface area (Å²) in [6.45, 7) is 0. The molecule has 0 atom stereocenters. The maximum absolute atomic E-state index is 12.2. The van der Waals surface area contributed by atoms with Crippen LogP contribution in [-0.2, 0) is 0 Å². The standard InChI is InChI=1S/C13H11ClN2O/c1-15-10-7-8-11(14)16-12(10)13(17)9-5-3-2-4-6-9/h2-8,15H,1H3. The predicted molar refractivity (Wildman–Crippen MR) is 68.7 cm³/mol. The molecule has 0 unspecified atom stereocenters. The first-order valence-corrected chi connectivity index (χ1v) is 5.54. The summed E-state index contributed by atoms with van der Waals surface area (Å²) in [5.41, 5.74) is 1.60. The quantitative estimate of drug-likeness (QED) is 0.669. The Kier molecular flexibility index (Phi) is 3.40. The van der Waals surface area contributed by atoms with Crippen LogP contribution in [0.4, 0.5) is 5.69 Å². The third-order valence-corrected chi connectivity index (χ3v) is 2.59. The summed E-state index contributed by atoms with van der Waals surface area (Å²) in [5.74, 6) is -0.141. The highest BCUT2D eigenvalue weighted by Gasteiger charge is 2.14. The molecule has 0 saturated heterocycles. The summed E-state index contributed by atoms with van der Waals surface area (Å²) in [4.78, 5) is 16.3. The van der Waals surface area contributed by atoms with E-state index in [1.807, 2.05) is 18.2 Å². The number of benzene rings is 1. The summed E-state index contributed by atoms with van der Waals surface area (Å²) < 4.78 is 0. The molecule has 0 aliphatic heterocycles. The first-order chi connectivity index (χ1) is 8.22. The fourth-order valence-electron chi connectivity index (χ4n) is 1.54. The predicted octanol–water partition coefficient (Wildman–Crippen LogP) is 3.01. The van der Waals surface area contributed by atoms with Crippen LogP contribution in [0.5, 0.6) is 0 Å². The summed E-state index contributed by atoms with van der Waals surface area (Å²) >= 11 is 5.81. The van der Waals surface area contributed by atoms with Crippen LogP contribution in [0, 0.1) is 0 Å². The highest BCUT2D eigenvalue weighted by atomic mass is 35.5. The van der Waals surface area contributed by atoms with Crippen molar-refractivity contribution in [2.45, 2.75) is 0 Å². The molecule has 1 aromatic heterocycles. The molecule has 2 aromatic rings. The number of aromatic nitrogens is 1. The van der Waals surface area contributed by atoms with Gasteiger partial charge in [-0.3, -0.25) is 4.79 Å². The Balaban J connectivity index is 2.47. The van der Waals surface area contributed by atoms with Crippen molar-refractivity contribution in [1.29, 1.82) is 0 Å². The lowest BCUT2D eigenvalue weighted by atomic mass is 10.1. The molecule has 0 saturated carbocycles. The maximum Gasteiger partial charge on any atom is 0.213 e. The zero-order chi connectivity index (χ0) is 12.3. The van der Waals surface area contributed by atoms with Crippen molar-refractivity contribution in [3.63, 3.8) is 0 Å². The Bertz CT molecular complexity index is 540. The van der Waals surface area contributed by atoms with Crippen LogP contribution in [0.15, 0.2) is 42.5 Å². The molecule has 86 valence electrons. The second kappa shape index (κ2) is 4.97. The molecule has 3 nitrogen and oxygen atoms in total. The number of hydrogen-bond acceptors (Lipinski definition) is 3. The van der Waals surface area contributed by atoms with E-state index in [2.05, 4.69) is 10.3 Å². The van der Waals surface area contributed by atoms with Gasteiger partial charge in [-0.1, -0.05) is 41.9 Å². The average molecular weight is 247 g/mol. The topological polar surface area (TPSA) is 42.0 Å². The molecule has 0 amide bonds. The highest BCUT2D eigenvalue weighted by molar-refractivity contribution is 6.29. The molecule has 1 heterocycles. The zero-order valence-electron chi connectivity index (χ0n) is 9.27. The number of nitrogens with zero attached hydrogens (tertiary/aromatic N) is 1. The van der Waals surface area contributed by atoms with E-state index in [0.717, 1.165) is 0 Å². The Hall–Kier alpha value is -1.87. The third-order valence-electron chi connectivity index (χ3n) is 2.38. The number of carbonyl (C=O) groups excluding carboxylic acids is 1. The van der Waals surface area contributed by atoms with Gasteiger partial charge in [-0.25, -0.2) is 4.98 Å². The van der Waals surface area contributed by atoms with Crippen molar-refractivity contribution in [2.75, 3.05) is 12.4 Å². The smallest absolute Gasteiger partial charge is 0.213 e. The molecular formula is C13H11ClN2O. The van der Waals surface area contributed by atoms with Crippen molar-refractivity contribution in [1.82, 2.24) is 4.98 Å². The monoisotopic (exact) mass is 246 g/mol. The van der Waals surface area contributed by atoms with Crippen molar-refractivity contribution < 1.29 is 4.79 Å². The van der Waals surface area contributed by atoms with E-state index in [1.54, 1.807) is 31.3 Å². The van der Waals surface area contributed by atoms with Crippen LogP contribution in [0.25, 0.3) is 0 Å².